The first-order chi connectivity index (χ1) is 9.22. The maximum Gasteiger partial charge on any atom is 0.161 e. The van der Waals surface area contributed by atoms with Gasteiger partial charge in [0.15, 0.2) is 11.5 Å². The molecule has 0 amide bonds. The van der Waals surface area contributed by atoms with Crippen LogP contribution in [0.1, 0.15) is 12.0 Å². The molecular formula is C14H20INO3. The number of rotatable bonds is 5. The number of ether oxygens (including phenoxy) is 2. The summed E-state index contributed by atoms with van der Waals surface area (Å²) in [5, 5.41) is 10.1. The fraction of sp³-hybridized carbons (Fsp3) is 0.571. The van der Waals surface area contributed by atoms with Crippen molar-refractivity contribution in [2.45, 2.75) is 12.8 Å². The van der Waals surface area contributed by atoms with Crippen molar-refractivity contribution >= 4 is 22.6 Å². The fourth-order valence-electron chi connectivity index (χ4n) is 2.30. The first kappa shape index (κ1) is 14.9. The predicted molar refractivity (Wildman–Crippen MR) is 83.0 cm³/mol. The predicted octanol–water partition coefficient (Wildman–Crippen LogP) is 2.27. The van der Waals surface area contributed by atoms with Crippen LogP contribution in [-0.2, 0) is 11.2 Å². The van der Waals surface area contributed by atoms with Crippen LogP contribution >= 0.6 is 22.6 Å². The number of nitrogens with zero attached hydrogens (tertiary/aromatic N) is 1. The highest BCUT2D eigenvalue weighted by Gasteiger charge is 2.13. The Bertz CT molecular complexity index is 419. The zero-order valence-electron chi connectivity index (χ0n) is 11.2. The van der Waals surface area contributed by atoms with Gasteiger partial charge in [-0.1, -0.05) is 0 Å². The van der Waals surface area contributed by atoms with Crippen molar-refractivity contribution < 1.29 is 14.6 Å². The minimum absolute atomic E-state index is 0.288. The number of phenolic OH excluding ortho intramolecular Hbond substituents is 1. The molecular weight excluding hydrogens is 357 g/mol. The molecule has 0 saturated carbocycles. The maximum absolute atomic E-state index is 10.1. The van der Waals surface area contributed by atoms with E-state index in [1.165, 1.54) is 0 Å². The topological polar surface area (TPSA) is 41.9 Å². The average Bonchev–Trinajstić information content (AvgIpc) is 2.44. The molecule has 1 heterocycles. The Hall–Kier alpha value is -0.530. The fourth-order valence-corrected chi connectivity index (χ4v) is 3.00. The number of phenols is 1. The molecule has 1 fully saturated rings. The van der Waals surface area contributed by atoms with Gasteiger partial charge in [0.2, 0.25) is 0 Å². The summed E-state index contributed by atoms with van der Waals surface area (Å²) < 4.78 is 11.6. The van der Waals surface area contributed by atoms with Crippen LogP contribution < -0.4 is 4.74 Å². The number of benzene rings is 1. The second kappa shape index (κ2) is 7.31. The summed E-state index contributed by atoms with van der Waals surface area (Å²) in [6.07, 6.45) is 1.91. The zero-order chi connectivity index (χ0) is 13.7. The largest absolute Gasteiger partial charge is 0.504 e. The Labute approximate surface area is 127 Å². The third kappa shape index (κ3) is 3.97. The number of halogens is 1. The average molecular weight is 377 g/mol. The molecule has 106 valence electrons. The number of methoxy groups -OCH3 is 1. The van der Waals surface area contributed by atoms with Gasteiger partial charge in [-0.15, -0.1) is 0 Å². The van der Waals surface area contributed by atoms with E-state index in [1.807, 2.05) is 12.1 Å². The molecule has 1 aromatic rings. The van der Waals surface area contributed by atoms with Gasteiger partial charge in [-0.05, 0) is 54.1 Å². The summed E-state index contributed by atoms with van der Waals surface area (Å²) in [4.78, 5) is 2.41. The third-order valence-corrected chi connectivity index (χ3v) is 4.42. The number of hydrogen-bond donors (Lipinski definition) is 1. The molecule has 0 bridgehead atoms. The lowest BCUT2D eigenvalue weighted by atomic mass is 10.1. The molecule has 0 spiro atoms. The van der Waals surface area contributed by atoms with E-state index in [0.29, 0.717) is 5.75 Å². The maximum atomic E-state index is 10.1. The quantitative estimate of drug-likeness (QED) is 0.800. The van der Waals surface area contributed by atoms with Crippen molar-refractivity contribution in [3.8, 4) is 11.5 Å². The number of morpholine rings is 1. The highest BCUT2D eigenvalue weighted by Crippen LogP contribution is 2.33. The Kier molecular flexibility index (Phi) is 5.72. The van der Waals surface area contributed by atoms with E-state index in [1.54, 1.807) is 7.11 Å². The van der Waals surface area contributed by atoms with Crippen molar-refractivity contribution in [2.24, 2.45) is 0 Å². The second-order valence-electron chi connectivity index (χ2n) is 4.63. The molecule has 0 radical (unpaired) electrons. The summed E-state index contributed by atoms with van der Waals surface area (Å²) in [5.74, 6) is 0.846. The molecule has 1 saturated heterocycles. The van der Waals surface area contributed by atoms with Gasteiger partial charge in [0.25, 0.3) is 0 Å². The van der Waals surface area contributed by atoms with E-state index in [2.05, 4.69) is 27.5 Å². The zero-order valence-corrected chi connectivity index (χ0v) is 13.4. The van der Waals surface area contributed by atoms with Gasteiger partial charge in [-0.25, -0.2) is 0 Å². The molecule has 5 heteroatoms. The second-order valence-corrected chi connectivity index (χ2v) is 5.80. The highest BCUT2D eigenvalue weighted by molar-refractivity contribution is 14.1. The molecule has 0 unspecified atom stereocenters. The van der Waals surface area contributed by atoms with E-state index >= 15 is 0 Å². The van der Waals surface area contributed by atoms with Crippen molar-refractivity contribution in [2.75, 3.05) is 40.0 Å². The molecule has 19 heavy (non-hydrogen) atoms. The van der Waals surface area contributed by atoms with E-state index in [4.69, 9.17) is 9.47 Å². The van der Waals surface area contributed by atoms with Gasteiger partial charge < -0.3 is 14.6 Å². The molecule has 0 aromatic heterocycles. The van der Waals surface area contributed by atoms with Gasteiger partial charge in [-0.2, -0.15) is 0 Å². The normalized spacial score (nSPS) is 16.5. The summed E-state index contributed by atoms with van der Waals surface area (Å²) >= 11 is 2.26. The van der Waals surface area contributed by atoms with Crippen LogP contribution in [-0.4, -0.2) is 50.0 Å². The molecule has 0 aliphatic carbocycles. The standard InChI is InChI=1S/C14H20INO3/c1-18-13-5-4-12(15)11(14(13)17)3-2-6-16-7-9-19-10-8-16/h4-5,17H,2-3,6-10H2,1H3. The lowest BCUT2D eigenvalue weighted by molar-refractivity contribution is 0.0374. The lowest BCUT2D eigenvalue weighted by Crippen LogP contribution is -2.36. The summed E-state index contributed by atoms with van der Waals surface area (Å²) in [6, 6.07) is 3.80. The van der Waals surface area contributed by atoms with Crippen LogP contribution in [0, 0.1) is 3.57 Å². The van der Waals surface area contributed by atoms with Crippen LogP contribution in [0.5, 0.6) is 11.5 Å². The van der Waals surface area contributed by atoms with Gasteiger partial charge in [0.1, 0.15) is 0 Å². The van der Waals surface area contributed by atoms with Gasteiger partial charge in [0.05, 0.1) is 20.3 Å². The van der Waals surface area contributed by atoms with Crippen LogP contribution in [0.2, 0.25) is 0 Å². The minimum Gasteiger partial charge on any atom is -0.504 e. The summed E-state index contributed by atoms with van der Waals surface area (Å²) in [5.41, 5.74) is 0.994. The van der Waals surface area contributed by atoms with Gasteiger partial charge >= 0.3 is 0 Å². The molecule has 0 atom stereocenters. The van der Waals surface area contributed by atoms with Crippen LogP contribution in [0.3, 0.4) is 0 Å². The van der Waals surface area contributed by atoms with Crippen molar-refractivity contribution in [3.63, 3.8) is 0 Å². The summed E-state index contributed by atoms with van der Waals surface area (Å²) in [6.45, 7) is 4.75. The van der Waals surface area contributed by atoms with E-state index in [0.717, 1.165) is 54.8 Å². The number of aromatic hydroxyl groups is 1. The van der Waals surface area contributed by atoms with E-state index in [9.17, 15) is 5.11 Å². The molecule has 1 aromatic carbocycles. The van der Waals surface area contributed by atoms with Crippen molar-refractivity contribution in [3.05, 3.63) is 21.3 Å². The van der Waals surface area contributed by atoms with Crippen molar-refractivity contribution in [1.82, 2.24) is 4.90 Å². The van der Waals surface area contributed by atoms with Crippen LogP contribution in [0.4, 0.5) is 0 Å². The Morgan fingerprint density at radius 1 is 1.37 bits per heavy atom. The van der Waals surface area contributed by atoms with Crippen LogP contribution in [0.25, 0.3) is 0 Å². The highest BCUT2D eigenvalue weighted by atomic mass is 127. The Morgan fingerprint density at radius 2 is 2.11 bits per heavy atom. The SMILES string of the molecule is COc1ccc(I)c(CCCN2CCOCC2)c1O. The monoisotopic (exact) mass is 377 g/mol. The first-order valence-electron chi connectivity index (χ1n) is 6.57. The van der Waals surface area contributed by atoms with Gasteiger partial charge in [-0.3, -0.25) is 4.90 Å². The minimum atomic E-state index is 0.288. The van der Waals surface area contributed by atoms with Crippen molar-refractivity contribution in [1.29, 1.82) is 0 Å². The van der Waals surface area contributed by atoms with E-state index < -0.39 is 0 Å². The number of hydrogen-bond acceptors (Lipinski definition) is 4. The Morgan fingerprint density at radius 3 is 2.79 bits per heavy atom. The smallest absolute Gasteiger partial charge is 0.161 e. The Balaban J connectivity index is 1.91. The summed E-state index contributed by atoms with van der Waals surface area (Å²) in [7, 11) is 1.58. The molecule has 1 N–H and O–H groups in total. The molecule has 2 rings (SSSR count). The van der Waals surface area contributed by atoms with E-state index in [-0.39, 0.29) is 5.75 Å². The first-order valence-corrected chi connectivity index (χ1v) is 7.64. The lowest BCUT2D eigenvalue weighted by Gasteiger charge is -2.26. The molecule has 4 nitrogen and oxygen atoms in total. The molecule has 1 aliphatic heterocycles. The van der Waals surface area contributed by atoms with Gasteiger partial charge in [0, 0.05) is 22.2 Å². The molecule has 1 aliphatic rings. The third-order valence-electron chi connectivity index (χ3n) is 3.41. The van der Waals surface area contributed by atoms with Crippen LogP contribution in [0.15, 0.2) is 12.1 Å².